The Balaban J connectivity index is 1.18. The van der Waals surface area contributed by atoms with Gasteiger partial charge in [-0.05, 0) is 49.7 Å². The lowest BCUT2D eigenvalue weighted by Gasteiger charge is -2.03. The van der Waals surface area contributed by atoms with Gasteiger partial charge in [0.15, 0.2) is 24.8 Å². The van der Waals surface area contributed by atoms with Crippen LogP contribution in [0.2, 0.25) is 0 Å². The van der Waals surface area contributed by atoms with Crippen LogP contribution in [0.4, 0.5) is 0 Å². The molecule has 0 fully saturated rings. The van der Waals surface area contributed by atoms with Crippen molar-refractivity contribution in [2.75, 3.05) is 0 Å². The lowest BCUT2D eigenvalue weighted by molar-refractivity contribution is -0.697. The summed E-state index contributed by atoms with van der Waals surface area (Å²) in [6.07, 6.45) is 32.1. The number of hydrogen-bond donors (Lipinski definition) is 0. The molecule has 2 heteroatoms. The molecule has 2 nitrogen and oxygen atoms in total. The summed E-state index contributed by atoms with van der Waals surface area (Å²) in [5.74, 6) is 0. The molecule has 0 amide bonds. The molecule has 0 saturated heterocycles. The highest BCUT2D eigenvalue weighted by Crippen LogP contribution is 2.19. The van der Waals surface area contributed by atoms with Crippen LogP contribution in [0.5, 0.6) is 0 Å². The van der Waals surface area contributed by atoms with E-state index in [2.05, 4.69) is 94.6 Å². The van der Waals surface area contributed by atoms with Crippen LogP contribution in [0.15, 0.2) is 96.7 Å². The van der Waals surface area contributed by atoms with E-state index in [-0.39, 0.29) is 0 Å². The Hall–Kier alpha value is -2.74. The summed E-state index contributed by atoms with van der Waals surface area (Å²) in [6.45, 7) is 2.20. The number of aryl methyl sites for hydroxylation is 2. The molecule has 2 aromatic heterocycles. The molecule has 2 heterocycles. The van der Waals surface area contributed by atoms with Crippen LogP contribution in [0, 0.1) is 0 Å². The fourth-order valence-electron chi connectivity index (χ4n) is 4.24. The summed E-state index contributed by atoms with van der Waals surface area (Å²) >= 11 is 0. The van der Waals surface area contributed by atoms with E-state index in [9.17, 15) is 0 Å². The highest BCUT2D eigenvalue weighted by Gasteiger charge is 2.07. The van der Waals surface area contributed by atoms with Gasteiger partial charge in [0, 0.05) is 37.1 Å². The minimum absolute atomic E-state index is 1.10. The SMILES string of the molecule is C1=CCC(CCCC[n+]2ccc(-c3cc[n+](CCCCC4=CC=CC4)cc3)cc2)=C1. The fraction of sp³-hybridized carbons (Fsp3) is 0.357. The largest absolute Gasteiger partial charge is 0.205 e. The molecule has 0 atom stereocenters. The molecule has 0 bridgehead atoms. The van der Waals surface area contributed by atoms with Crippen LogP contribution in [0.25, 0.3) is 11.1 Å². The van der Waals surface area contributed by atoms with E-state index in [1.165, 1.54) is 49.7 Å². The number of hydrogen-bond acceptors (Lipinski definition) is 0. The molecule has 0 spiro atoms. The van der Waals surface area contributed by atoms with E-state index in [1.807, 2.05) is 0 Å². The zero-order valence-electron chi connectivity index (χ0n) is 18.0. The third kappa shape index (κ3) is 6.13. The maximum absolute atomic E-state index is 2.31. The van der Waals surface area contributed by atoms with Crippen molar-refractivity contribution in [1.29, 1.82) is 0 Å². The van der Waals surface area contributed by atoms with Crippen LogP contribution < -0.4 is 9.13 Å². The number of nitrogens with zero attached hydrogens (tertiary/aromatic N) is 2. The van der Waals surface area contributed by atoms with Gasteiger partial charge in [-0.25, -0.2) is 9.13 Å². The molecule has 154 valence electrons. The first kappa shape index (κ1) is 20.5. The highest BCUT2D eigenvalue weighted by molar-refractivity contribution is 5.60. The summed E-state index contributed by atoms with van der Waals surface area (Å²) in [5.41, 5.74) is 5.75. The molecule has 0 saturated carbocycles. The van der Waals surface area contributed by atoms with Gasteiger partial charge in [0.2, 0.25) is 0 Å². The predicted octanol–water partition coefficient (Wildman–Crippen LogP) is 6.04. The van der Waals surface area contributed by atoms with Gasteiger partial charge in [0.1, 0.15) is 13.1 Å². The van der Waals surface area contributed by atoms with E-state index < -0.39 is 0 Å². The molecule has 0 unspecified atom stereocenters. The van der Waals surface area contributed by atoms with Crippen LogP contribution >= 0.6 is 0 Å². The summed E-state index contributed by atoms with van der Waals surface area (Å²) < 4.78 is 4.62. The van der Waals surface area contributed by atoms with Gasteiger partial charge >= 0.3 is 0 Å². The molecular weight excluding hydrogens is 364 g/mol. The molecule has 0 aliphatic heterocycles. The first-order valence-electron chi connectivity index (χ1n) is 11.5. The fourth-order valence-corrected chi connectivity index (χ4v) is 4.24. The third-order valence-corrected chi connectivity index (χ3v) is 6.14. The standard InChI is InChI=1S/C28H34N2/c1-2-10-25(9-1)13-5-7-19-29-21-15-27(16-22-29)28-17-23-30(24-18-28)20-8-6-14-26-11-3-4-12-26/h1-4,9,11,15-18,21-24H,5-8,10,12-14,19-20H2/q+2. The minimum atomic E-state index is 1.10. The lowest BCUT2D eigenvalue weighted by atomic mass is 10.1. The molecule has 0 radical (unpaired) electrons. The van der Waals surface area contributed by atoms with Crippen LogP contribution in [-0.2, 0) is 13.1 Å². The molecule has 4 rings (SSSR count). The average molecular weight is 399 g/mol. The number of unbranched alkanes of at least 4 members (excludes halogenated alkanes) is 2. The van der Waals surface area contributed by atoms with Gasteiger partial charge in [-0.1, -0.05) is 47.6 Å². The van der Waals surface area contributed by atoms with Crippen molar-refractivity contribution in [3.05, 3.63) is 96.7 Å². The van der Waals surface area contributed by atoms with Crippen LogP contribution in [0.1, 0.15) is 51.4 Å². The van der Waals surface area contributed by atoms with E-state index in [0.717, 1.165) is 25.9 Å². The summed E-state index contributed by atoms with van der Waals surface area (Å²) in [6, 6.07) is 8.97. The number of allylic oxidation sites excluding steroid dienone is 8. The van der Waals surface area contributed by atoms with Crippen molar-refractivity contribution in [2.45, 2.75) is 64.5 Å². The Morgan fingerprint density at radius 2 is 1.00 bits per heavy atom. The van der Waals surface area contributed by atoms with Crippen molar-refractivity contribution in [3.8, 4) is 11.1 Å². The van der Waals surface area contributed by atoms with E-state index >= 15 is 0 Å². The highest BCUT2D eigenvalue weighted by atomic mass is 14.9. The molecule has 0 aromatic carbocycles. The second-order valence-electron chi connectivity index (χ2n) is 8.48. The van der Waals surface area contributed by atoms with E-state index in [4.69, 9.17) is 0 Å². The smallest absolute Gasteiger partial charge is 0.169 e. The molecule has 2 aliphatic rings. The van der Waals surface area contributed by atoms with Gasteiger partial charge < -0.3 is 0 Å². The average Bonchev–Trinajstić information content (AvgIpc) is 3.50. The van der Waals surface area contributed by atoms with Crippen molar-refractivity contribution in [3.63, 3.8) is 0 Å². The van der Waals surface area contributed by atoms with Gasteiger partial charge in [-0.2, -0.15) is 0 Å². The maximum atomic E-state index is 2.31. The molecule has 30 heavy (non-hydrogen) atoms. The number of pyridine rings is 2. The Bertz CT molecular complexity index is 848. The van der Waals surface area contributed by atoms with Crippen molar-refractivity contribution < 1.29 is 9.13 Å². The Kier molecular flexibility index (Phi) is 7.44. The Labute approximate surface area is 181 Å². The first-order valence-corrected chi connectivity index (χ1v) is 11.5. The maximum Gasteiger partial charge on any atom is 0.169 e. The lowest BCUT2D eigenvalue weighted by Crippen LogP contribution is -2.33. The van der Waals surface area contributed by atoms with Crippen LogP contribution in [-0.4, -0.2) is 0 Å². The second-order valence-corrected chi connectivity index (χ2v) is 8.48. The van der Waals surface area contributed by atoms with Gasteiger partial charge in [-0.3, -0.25) is 0 Å². The number of rotatable bonds is 11. The Morgan fingerprint density at radius 3 is 1.37 bits per heavy atom. The summed E-state index contributed by atoms with van der Waals surface area (Å²) in [5, 5.41) is 0. The zero-order valence-corrected chi connectivity index (χ0v) is 18.0. The van der Waals surface area contributed by atoms with E-state index in [1.54, 1.807) is 11.1 Å². The minimum Gasteiger partial charge on any atom is -0.205 e. The van der Waals surface area contributed by atoms with Crippen molar-refractivity contribution in [2.24, 2.45) is 0 Å². The predicted molar refractivity (Wildman–Crippen MR) is 124 cm³/mol. The van der Waals surface area contributed by atoms with Crippen molar-refractivity contribution >= 4 is 0 Å². The molecule has 0 N–H and O–H groups in total. The monoisotopic (exact) mass is 398 g/mol. The van der Waals surface area contributed by atoms with Gasteiger partial charge in [0.05, 0.1) is 0 Å². The van der Waals surface area contributed by atoms with Crippen LogP contribution in [0.3, 0.4) is 0 Å². The molecular formula is C28H34N2+2. The second kappa shape index (κ2) is 10.9. The summed E-state index contributed by atoms with van der Waals surface area (Å²) in [4.78, 5) is 0. The Morgan fingerprint density at radius 1 is 0.567 bits per heavy atom. The quantitative estimate of drug-likeness (QED) is 0.322. The zero-order chi connectivity index (χ0) is 20.4. The topological polar surface area (TPSA) is 7.76 Å². The normalized spacial score (nSPS) is 14.9. The third-order valence-electron chi connectivity index (χ3n) is 6.14. The van der Waals surface area contributed by atoms with Gasteiger partial charge in [-0.15, -0.1) is 0 Å². The first-order chi connectivity index (χ1) is 14.9. The van der Waals surface area contributed by atoms with Gasteiger partial charge in [0.25, 0.3) is 0 Å². The molecule has 2 aliphatic carbocycles. The van der Waals surface area contributed by atoms with Crippen molar-refractivity contribution in [1.82, 2.24) is 0 Å². The summed E-state index contributed by atoms with van der Waals surface area (Å²) in [7, 11) is 0. The number of aromatic nitrogens is 2. The van der Waals surface area contributed by atoms with E-state index in [0.29, 0.717) is 0 Å². The molecule has 2 aromatic rings.